The smallest absolute Gasteiger partial charge is 0.338 e. The number of esters is 1. The summed E-state index contributed by atoms with van der Waals surface area (Å²) >= 11 is 0. The molecule has 1 atom stereocenters. The summed E-state index contributed by atoms with van der Waals surface area (Å²) in [5, 5.41) is 10.7. The zero-order valence-corrected chi connectivity index (χ0v) is 17.0. The van der Waals surface area contributed by atoms with Crippen molar-refractivity contribution in [3.05, 3.63) is 39.9 Å². The minimum Gasteiger partial charge on any atom is -0.458 e. The fourth-order valence-corrected chi connectivity index (χ4v) is 3.96. The second kappa shape index (κ2) is 11.8. The molecular formula is C18H28NO7P. The van der Waals surface area contributed by atoms with Crippen LogP contribution in [0, 0.1) is 10.1 Å². The van der Waals surface area contributed by atoms with Gasteiger partial charge in [0.15, 0.2) is 0 Å². The highest BCUT2D eigenvalue weighted by molar-refractivity contribution is 7.53. The first kappa shape index (κ1) is 23.3. The molecule has 9 heteroatoms. The van der Waals surface area contributed by atoms with Gasteiger partial charge in [-0.1, -0.05) is 26.7 Å². The molecule has 1 rings (SSSR count). The van der Waals surface area contributed by atoms with E-state index in [4.69, 9.17) is 13.8 Å². The molecule has 0 aliphatic carbocycles. The molecule has 0 bridgehead atoms. The molecule has 0 saturated carbocycles. The average molecular weight is 401 g/mol. The molecule has 0 fully saturated rings. The standard InChI is InChI=1S/C18H28NO7P/c1-4-6-12-24-27(23,25-13-7-5-2)14-15(3)26-18(20)16-8-10-17(11-9-16)19(21)22/h8-11,15H,4-7,12-14H2,1-3H3. The monoisotopic (exact) mass is 401 g/mol. The Morgan fingerprint density at radius 2 is 1.63 bits per heavy atom. The topological polar surface area (TPSA) is 105 Å². The van der Waals surface area contributed by atoms with Gasteiger partial charge in [0.2, 0.25) is 0 Å². The normalized spacial score (nSPS) is 12.6. The number of ether oxygens (including phenoxy) is 1. The van der Waals surface area contributed by atoms with Crippen LogP contribution in [0.3, 0.4) is 0 Å². The van der Waals surface area contributed by atoms with Crippen LogP contribution in [0.4, 0.5) is 5.69 Å². The van der Waals surface area contributed by atoms with Crippen LogP contribution in [-0.2, 0) is 18.3 Å². The maximum absolute atomic E-state index is 12.9. The fraction of sp³-hybridized carbons (Fsp3) is 0.611. The van der Waals surface area contributed by atoms with Crippen molar-refractivity contribution in [3.63, 3.8) is 0 Å². The number of non-ortho nitro benzene ring substituents is 1. The van der Waals surface area contributed by atoms with E-state index in [1.165, 1.54) is 24.3 Å². The Kier molecular flexibility index (Phi) is 10.2. The fourth-order valence-electron chi connectivity index (χ4n) is 2.16. The SMILES string of the molecule is CCCCOP(=O)(CC(C)OC(=O)c1ccc([N+](=O)[O-])cc1)OCCCC. The van der Waals surface area contributed by atoms with E-state index in [0.29, 0.717) is 13.2 Å². The summed E-state index contributed by atoms with van der Waals surface area (Å²) in [4.78, 5) is 22.3. The van der Waals surface area contributed by atoms with Crippen LogP contribution in [0.1, 0.15) is 56.8 Å². The highest BCUT2D eigenvalue weighted by Gasteiger charge is 2.29. The number of unbranched alkanes of at least 4 members (excludes halogenated alkanes) is 2. The molecule has 1 unspecified atom stereocenters. The van der Waals surface area contributed by atoms with Gasteiger partial charge in [-0.25, -0.2) is 4.79 Å². The second-order valence-corrected chi connectivity index (χ2v) is 8.29. The zero-order chi connectivity index (χ0) is 20.3. The molecule has 1 aromatic carbocycles. The molecule has 0 aliphatic rings. The van der Waals surface area contributed by atoms with Crippen molar-refractivity contribution in [3.8, 4) is 0 Å². The molecular weight excluding hydrogens is 373 g/mol. The van der Waals surface area contributed by atoms with E-state index in [1.807, 2.05) is 13.8 Å². The Morgan fingerprint density at radius 1 is 1.11 bits per heavy atom. The van der Waals surface area contributed by atoms with E-state index in [0.717, 1.165) is 25.7 Å². The van der Waals surface area contributed by atoms with Crippen LogP contribution < -0.4 is 0 Å². The van der Waals surface area contributed by atoms with Gasteiger partial charge >= 0.3 is 13.6 Å². The van der Waals surface area contributed by atoms with Gasteiger partial charge in [-0.15, -0.1) is 0 Å². The summed E-state index contributed by atoms with van der Waals surface area (Å²) in [7, 11) is -3.37. The molecule has 0 amide bonds. The molecule has 1 aromatic rings. The van der Waals surface area contributed by atoms with Gasteiger partial charge in [0.05, 0.1) is 29.9 Å². The third-order valence-corrected chi connectivity index (χ3v) is 5.79. The largest absolute Gasteiger partial charge is 0.458 e. The molecule has 0 saturated heterocycles. The van der Waals surface area contributed by atoms with Gasteiger partial charge in [0.1, 0.15) is 6.10 Å². The Labute approximate surface area is 159 Å². The van der Waals surface area contributed by atoms with Crippen LogP contribution in [0.5, 0.6) is 0 Å². The average Bonchev–Trinajstić information content (AvgIpc) is 2.62. The minimum absolute atomic E-state index is 0.0425. The van der Waals surface area contributed by atoms with Gasteiger partial charge in [0.25, 0.3) is 5.69 Å². The maximum Gasteiger partial charge on any atom is 0.338 e. The van der Waals surface area contributed by atoms with Crippen molar-refractivity contribution in [1.29, 1.82) is 0 Å². The predicted molar refractivity (Wildman–Crippen MR) is 102 cm³/mol. The van der Waals surface area contributed by atoms with E-state index >= 15 is 0 Å². The van der Waals surface area contributed by atoms with Gasteiger partial charge in [-0.05, 0) is 31.9 Å². The number of nitro benzene ring substituents is 1. The van der Waals surface area contributed by atoms with Crippen molar-refractivity contribution in [2.45, 2.75) is 52.6 Å². The van der Waals surface area contributed by atoms with E-state index in [1.54, 1.807) is 6.92 Å². The predicted octanol–water partition coefficient (Wildman–Crippen LogP) is 4.97. The van der Waals surface area contributed by atoms with E-state index in [9.17, 15) is 19.5 Å². The lowest BCUT2D eigenvalue weighted by molar-refractivity contribution is -0.384. The van der Waals surface area contributed by atoms with E-state index in [2.05, 4.69) is 0 Å². The third kappa shape index (κ3) is 8.65. The molecule has 27 heavy (non-hydrogen) atoms. The van der Waals surface area contributed by atoms with Crippen LogP contribution in [0.2, 0.25) is 0 Å². The van der Waals surface area contributed by atoms with Crippen LogP contribution >= 0.6 is 7.60 Å². The molecule has 0 aliphatic heterocycles. The number of rotatable bonds is 13. The number of carbonyl (C=O) groups is 1. The minimum atomic E-state index is -3.37. The molecule has 0 heterocycles. The van der Waals surface area contributed by atoms with Crippen LogP contribution in [0.25, 0.3) is 0 Å². The third-order valence-electron chi connectivity index (χ3n) is 3.67. The number of hydrogen-bond donors (Lipinski definition) is 0. The number of benzene rings is 1. The summed E-state index contributed by atoms with van der Waals surface area (Å²) in [5.41, 5.74) is 0.0684. The summed E-state index contributed by atoms with van der Waals surface area (Å²) < 4.78 is 29.2. The molecule has 8 nitrogen and oxygen atoms in total. The zero-order valence-electron chi connectivity index (χ0n) is 16.1. The molecule has 0 aromatic heterocycles. The van der Waals surface area contributed by atoms with Gasteiger partial charge in [-0.3, -0.25) is 14.7 Å². The lowest BCUT2D eigenvalue weighted by Crippen LogP contribution is -2.20. The van der Waals surface area contributed by atoms with Crippen molar-refractivity contribution >= 4 is 19.3 Å². The summed E-state index contributed by atoms with van der Waals surface area (Å²) in [6, 6.07) is 5.10. The van der Waals surface area contributed by atoms with Crippen LogP contribution in [0.15, 0.2) is 24.3 Å². The lowest BCUT2D eigenvalue weighted by Gasteiger charge is -2.22. The first-order valence-electron chi connectivity index (χ1n) is 9.15. The Balaban J connectivity index is 2.67. The van der Waals surface area contributed by atoms with E-state index < -0.39 is 24.6 Å². The van der Waals surface area contributed by atoms with Crippen molar-refractivity contribution in [2.75, 3.05) is 19.4 Å². The Morgan fingerprint density at radius 3 is 2.07 bits per heavy atom. The summed E-state index contributed by atoms with van der Waals surface area (Å²) in [6.07, 6.45) is 2.59. The number of nitrogens with zero attached hydrogens (tertiary/aromatic N) is 1. The maximum atomic E-state index is 12.9. The van der Waals surface area contributed by atoms with Crippen molar-refractivity contribution in [2.24, 2.45) is 0 Å². The van der Waals surface area contributed by atoms with Gasteiger partial charge < -0.3 is 13.8 Å². The number of carbonyl (C=O) groups excluding carboxylic acids is 1. The Bertz CT molecular complexity index is 634. The number of nitro groups is 1. The highest BCUT2D eigenvalue weighted by atomic mass is 31.2. The van der Waals surface area contributed by atoms with E-state index in [-0.39, 0.29) is 17.4 Å². The van der Waals surface area contributed by atoms with Crippen molar-refractivity contribution < 1.29 is 28.1 Å². The number of hydrogen-bond acceptors (Lipinski definition) is 7. The highest BCUT2D eigenvalue weighted by Crippen LogP contribution is 2.49. The molecule has 0 N–H and O–H groups in total. The molecule has 0 radical (unpaired) electrons. The lowest BCUT2D eigenvalue weighted by atomic mass is 10.2. The molecule has 152 valence electrons. The Hall–Kier alpha value is -1.76. The van der Waals surface area contributed by atoms with Crippen LogP contribution in [-0.4, -0.2) is 36.4 Å². The van der Waals surface area contributed by atoms with Gasteiger partial charge in [0, 0.05) is 12.1 Å². The first-order chi connectivity index (χ1) is 12.8. The first-order valence-corrected chi connectivity index (χ1v) is 10.9. The summed E-state index contributed by atoms with van der Waals surface area (Å²) in [5.74, 6) is -0.647. The summed E-state index contributed by atoms with van der Waals surface area (Å²) in [6.45, 7) is 6.26. The van der Waals surface area contributed by atoms with Crippen molar-refractivity contribution in [1.82, 2.24) is 0 Å². The quantitative estimate of drug-likeness (QED) is 0.151. The van der Waals surface area contributed by atoms with Gasteiger partial charge in [-0.2, -0.15) is 0 Å². The second-order valence-electron chi connectivity index (χ2n) is 6.19. The molecule has 0 spiro atoms.